The molecule has 0 aliphatic heterocycles. The van der Waals surface area contributed by atoms with E-state index in [2.05, 4.69) is 19.1 Å². The van der Waals surface area contributed by atoms with Gasteiger partial charge in [-0.05, 0) is 36.3 Å². The normalized spacial score (nSPS) is 19.5. The standard InChI is InChI=1S/C9H12.C2H6.4W/c1-7-5-6-8-3-2-4-9(7)8;1-2;;;;/h3-4,7H,2,5-6H2,1H3;1-2H3;;;;. The van der Waals surface area contributed by atoms with Crippen molar-refractivity contribution in [1.29, 1.82) is 0 Å². The summed E-state index contributed by atoms with van der Waals surface area (Å²) in [6.45, 7) is 6.33. The van der Waals surface area contributed by atoms with Crippen LogP contribution in [0.5, 0.6) is 0 Å². The quantitative estimate of drug-likeness (QED) is 0.349. The van der Waals surface area contributed by atoms with Gasteiger partial charge >= 0.3 is 0 Å². The fraction of sp³-hybridized carbons (Fsp3) is 0.636. The summed E-state index contributed by atoms with van der Waals surface area (Å²) in [5.74, 6) is 0.860. The molecule has 0 amide bonds. The second-order valence-corrected chi connectivity index (χ2v) is 3.06. The first-order valence-electron chi connectivity index (χ1n) is 4.77. The molecule has 1 unspecified atom stereocenters. The van der Waals surface area contributed by atoms with Crippen LogP contribution >= 0.6 is 0 Å². The third-order valence-electron chi connectivity index (χ3n) is 2.45. The fourth-order valence-corrected chi connectivity index (χ4v) is 1.87. The fourth-order valence-electron chi connectivity index (χ4n) is 1.87. The summed E-state index contributed by atoms with van der Waals surface area (Å²) in [4.78, 5) is 0. The molecule has 0 radical (unpaired) electrons. The van der Waals surface area contributed by atoms with E-state index in [1.54, 1.807) is 11.1 Å². The average Bonchev–Trinajstić information content (AvgIpc) is 2.60. The van der Waals surface area contributed by atoms with Crippen molar-refractivity contribution in [3.05, 3.63) is 23.3 Å². The van der Waals surface area contributed by atoms with E-state index in [1.165, 1.54) is 19.3 Å². The molecule has 0 bridgehead atoms. The van der Waals surface area contributed by atoms with E-state index in [4.69, 9.17) is 0 Å². The van der Waals surface area contributed by atoms with Crippen LogP contribution < -0.4 is 0 Å². The molecule has 4 heteroatoms. The summed E-state index contributed by atoms with van der Waals surface area (Å²) >= 11 is 0. The van der Waals surface area contributed by atoms with Crippen LogP contribution in [0, 0.1) is 5.92 Å². The summed E-state index contributed by atoms with van der Waals surface area (Å²) in [5, 5.41) is 0. The Kier molecular flexibility index (Phi) is 24.7. The van der Waals surface area contributed by atoms with E-state index in [1.807, 2.05) is 13.8 Å². The van der Waals surface area contributed by atoms with Crippen LogP contribution in [0.15, 0.2) is 23.3 Å². The van der Waals surface area contributed by atoms with Crippen molar-refractivity contribution in [1.82, 2.24) is 0 Å². The molecule has 0 saturated heterocycles. The third kappa shape index (κ3) is 7.29. The van der Waals surface area contributed by atoms with Crippen LogP contribution in [0.3, 0.4) is 0 Å². The molecule has 0 spiro atoms. The van der Waals surface area contributed by atoms with Crippen LogP contribution in [-0.4, -0.2) is 0 Å². The maximum atomic E-state index is 2.38. The molecule has 2 aliphatic rings. The number of rotatable bonds is 0. The van der Waals surface area contributed by atoms with E-state index < -0.39 is 0 Å². The van der Waals surface area contributed by atoms with Crippen molar-refractivity contribution >= 4 is 0 Å². The molecule has 0 aromatic heterocycles. The van der Waals surface area contributed by atoms with Gasteiger partial charge in [0, 0.05) is 84.3 Å². The molecule has 0 aromatic rings. The number of hydrogen-bond acceptors (Lipinski definition) is 0. The predicted octanol–water partition coefficient (Wildman–Crippen LogP) is 3.69. The molecule has 0 nitrogen and oxygen atoms in total. The van der Waals surface area contributed by atoms with Crippen molar-refractivity contribution in [3.63, 3.8) is 0 Å². The van der Waals surface area contributed by atoms with E-state index in [0.717, 1.165) is 5.92 Å². The second-order valence-electron chi connectivity index (χ2n) is 3.06. The largest absolute Gasteiger partial charge is 0.0772 e. The smallest absolute Gasteiger partial charge is 0 e. The van der Waals surface area contributed by atoms with Crippen molar-refractivity contribution < 1.29 is 84.3 Å². The number of hydrogen-bond donors (Lipinski definition) is 0. The van der Waals surface area contributed by atoms with Crippen molar-refractivity contribution in [2.24, 2.45) is 5.92 Å². The van der Waals surface area contributed by atoms with Gasteiger partial charge in [0.25, 0.3) is 0 Å². The van der Waals surface area contributed by atoms with Gasteiger partial charge in [-0.2, -0.15) is 0 Å². The van der Waals surface area contributed by atoms with Gasteiger partial charge in [0.1, 0.15) is 0 Å². The van der Waals surface area contributed by atoms with Gasteiger partial charge in [0.15, 0.2) is 0 Å². The van der Waals surface area contributed by atoms with Gasteiger partial charge in [-0.15, -0.1) is 0 Å². The summed E-state index contributed by atoms with van der Waals surface area (Å²) in [7, 11) is 0. The monoisotopic (exact) mass is 886 g/mol. The minimum Gasteiger partial charge on any atom is -0.0772 e. The van der Waals surface area contributed by atoms with E-state index in [-0.39, 0.29) is 84.3 Å². The molecule has 0 aromatic carbocycles. The summed E-state index contributed by atoms with van der Waals surface area (Å²) in [6.07, 6.45) is 8.69. The molecule has 0 heterocycles. The SMILES string of the molecule is CC.CC1CCC2=CCC=C21.[W].[W].[W].[W]. The number of fused-ring (bicyclic) bond motifs is 1. The van der Waals surface area contributed by atoms with Crippen LogP contribution in [0.25, 0.3) is 0 Å². The zero-order valence-electron chi connectivity index (χ0n) is 9.49. The number of allylic oxidation sites excluding steroid dienone is 4. The van der Waals surface area contributed by atoms with E-state index in [9.17, 15) is 0 Å². The molecule has 1 fully saturated rings. The third-order valence-corrected chi connectivity index (χ3v) is 2.45. The maximum absolute atomic E-state index is 2.38. The summed E-state index contributed by atoms with van der Waals surface area (Å²) < 4.78 is 0. The Bertz CT molecular complexity index is 197. The van der Waals surface area contributed by atoms with Gasteiger partial charge in [-0.25, -0.2) is 0 Å². The zero-order valence-corrected chi connectivity index (χ0v) is 21.2. The Balaban J connectivity index is -0.0000000959. The first-order valence-corrected chi connectivity index (χ1v) is 4.77. The summed E-state index contributed by atoms with van der Waals surface area (Å²) in [6, 6.07) is 0. The average molecular weight is 886 g/mol. The molecule has 0 N–H and O–H groups in total. The van der Waals surface area contributed by atoms with E-state index >= 15 is 0 Å². The topological polar surface area (TPSA) is 0 Å². The van der Waals surface area contributed by atoms with Crippen LogP contribution in [-0.2, 0) is 84.3 Å². The van der Waals surface area contributed by atoms with Crippen molar-refractivity contribution in [3.8, 4) is 0 Å². The first kappa shape index (κ1) is 25.9. The predicted molar refractivity (Wildman–Crippen MR) is 50.5 cm³/mol. The van der Waals surface area contributed by atoms with Gasteiger partial charge in [-0.1, -0.05) is 32.9 Å². The minimum atomic E-state index is 0. The van der Waals surface area contributed by atoms with Gasteiger partial charge in [0.2, 0.25) is 0 Å². The summed E-state index contributed by atoms with van der Waals surface area (Å²) in [5.41, 5.74) is 3.29. The first-order chi connectivity index (χ1) is 5.38. The molecule has 15 heavy (non-hydrogen) atoms. The Labute approximate surface area is 152 Å². The van der Waals surface area contributed by atoms with Gasteiger partial charge in [-0.3, -0.25) is 0 Å². The van der Waals surface area contributed by atoms with Crippen molar-refractivity contribution in [2.45, 2.75) is 40.0 Å². The van der Waals surface area contributed by atoms with Crippen LogP contribution in [0.4, 0.5) is 0 Å². The Morgan fingerprint density at radius 1 is 1.00 bits per heavy atom. The van der Waals surface area contributed by atoms with Gasteiger partial charge in [0.05, 0.1) is 0 Å². The Morgan fingerprint density at radius 2 is 1.53 bits per heavy atom. The molecule has 2 aliphatic carbocycles. The molecular formula is C11H18W4. The Hall–Kier alpha value is 2.23. The van der Waals surface area contributed by atoms with Crippen LogP contribution in [0.2, 0.25) is 0 Å². The Morgan fingerprint density at radius 3 is 2.00 bits per heavy atom. The van der Waals surface area contributed by atoms with Crippen LogP contribution in [0.1, 0.15) is 40.0 Å². The second kappa shape index (κ2) is 14.3. The maximum Gasteiger partial charge on any atom is 0 e. The minimum absolute atomic E-state index is 0. The van der Waals surface area contributed by atoms with E-state index in [0.29, 0.717) is 0 Å². The molecule has 86 valence electrons. The van der Waals surface area contributed by atoms with Gasteiger partial charge < -0.3 is 0 Å². The molecule has 1 saturated carbocycles. The molecule has 1 atom stereocenters. The van der Waals surface area contributed by atoms with Crippen molar-refractivity contribution in [2.75, 3.05) is 0 Å². The zero-order chi connectivity index (χ0) is 8.27. The molecular weight excluding hydrogens is 867 g/mol. The molecule has 2 rings (SSSR count).